The number of phenols is 2. The van der Waals surface area contributed by atoms with Gasteiger partial charge in [-0.2, -0.15) is 0 Å². The highest BCUT2D eigenvalue weighted by Crippen LogP contribution is 2.22. The van der Waals surface area contributed by atoms with Crippen molar-refractivity contribution in [3.63, 3.8) is 0 Å². The van der Waals surface area contributed by atoms with Gasteiger partial charge in [0.25, 0.3) is 0 Å². The molecule has 2 bridgehead atoms. The first-order chi connectivity index (χ1) is 32.9. The summed E-state index contributed by atoms with van der Waals surface area (Å²) in [6.45, 7) is 5.25. The van der Waals surface area contributed by atoms with Crippen LogP contribution in [0.15, 0.2) is 85.2 Å². The fourth-order valence-electron chi connectivity index (χ4n) is 8.18. The number of hydrogen-bond donors (Lipinski definition) is 10. The second-order valence-electron chi connectivity index (χ2n) is 18.0. The molecule has 0 saturated heterocycles. The van der Waals surface area contributed by atoms with E-state index in [1.54, 1.807) is 55.2 Å². The summed E-state index contributed by atoms with van der Waals surface area (Å²) >= 11 is 0. The topological polar surface area (TPSA) is 319 Å². The van der Waals surface area contributed by atoms with Gasteiger partial charge in [-0.15, -0.1) is 5.10 Å². The van der Waals surface area contributed by atoms with Crippen LogP contribution in [0.2, 0.25) is 0 Å². The van der Waals surface area contributed by atoms with E-state index in [9.17, 15) is 43.8 Å². The van der Waals surface area contributed by atoms with Crippen LogP contribution in [-0.2, 0) is 65.8 Å². The number of carbonyl (C=O) groups excluding carboxylic acids is 7. The van der Waals surface area contributed by atoms with Crippen molar-refractivity contribution in [3.8, 4) is 11.5 Å². The monoisotopic (exact) mass is 947 g/mol. The third kappa shape index (κ3) is 14.2. The van der Waals surface area contributed by atoms with Crippen LogP contribution < -0.4 is 38.1 Å². The molecule has 12 N–H and O–H groups in total. The number of benzene rings is 3. The largest absolute Gasteiger partial charge is 0.508 e. The van der Waals surface area contributed by atoms with Gasteiger partial charge in [-0.3, -0.25) is 38.2 Å². The van der Waals surface area contributed by atoms with Gasteiger partial charge in [-0.25, -0.2) is 0 Å². The van der Waals surface area contributed by atoms with Gasteiger partial charge < -0.3 is 53.2 Å². The van der Waals surface area contributed by atoms with Gasteiger partial charge in [0, 0.05) is 61.4 Å². The number of nitrogens with two attached hydrogens (primary N) is 2. The average molecular weight is 948 g/mol. The van der Waals surface area contributed by atoms with E-state index in [0.29, 0.717) is 41.8 Å². The number of primary amides is 1. The zero-order chi connectivity index (χ0) is 49.8. The van der Waals surface area contributed by atoms with Crippen molar-refractivity contribution in [2.75, 3.05) is 0 Å². The Morgan fingerprint density at radius 3 is 1.97 bits per heavy atom. The van der Waals surface area contributed by atoms with Crippen molar-refractivity contribution < 1.29 is 43.8 Å². The van der Waals surface area contributed by atoms with E-state index >= 15 is 0 Å². The summed E-state index contributed by atoms with van der Waals surface area (Å²) < 4.78 is 1.55. The molecular formula is C49H61N11O9. The van der Waals surface area contributed by atoms with Crippen LogP contribution in [0.4, 0.5) is 0 Å². The lowest BCUT2D eigenvalue weighted by Gasteiger charge is -2.27. The molecule has 6 rings (SSSR count). The van der Waals surface area contributed by atoms with Gasteiger partial charge >= 0.3 is 0 Å². The molecular weight excluding hydrogens is 887 g/mol. The SMILES string of the molecule is CC(C)[C@H]1CC(=O)[C@@H](Cc2ccc(O)cc2)NC(=O)[C@@H](Cc2c[nH]c3ccccc23)NC(=O)[C@@H](N)Cc2cn(nn2)CCCC[C@@H](C(N)=O)NC(=O)[C@@H](Cc2ccc(O)cc2)NC(=O)[C@@H](C)NC1=O. The normalized spacial score (nSPS) is 23.3. The smallest absolute Gasteiger partial charge is 0.243 e. The highest BCUT2D eigenvalue weighted by atomic mass is 16.3. The van der Waals surface area contributed by atoms with E-state index in [0.717, 1.165) is 10.9 Å². The summed E-state index contributed by atoms with van der Waals surface area (Å²) in [4.78, 5) is 100. The first-order valence-corrected chi connectivity index (χ1v) is 23.0. The average Bonchev–Trinajstić information content (AvgIpc) is 3.95. The van der Waals surface area contributed by atoms with E-state index in [1.807, 2.05) is 24.3 Å². The van der Waals surface area contributed by atoms with Gasteiger partial charge in [0.2, 0.25) is 35.4 Å². The quantitative estimate of drug-likeness (QED) is 0.105. The van der Waals surface area contributed by atoms with E-state index in [1.165, 1.54) is 31.2 Å². The first kappa shape index (κ1) is 50.8. The fraction of sp³-hybridized carbons (Fsp3) is 0.408. The lowest BCUT2D eigenvalue weighted by atomic mass is 9.86. The van der Waals surface area contributed by atoms with Gasteiger partial charge in [0.15, 0.2) is 5.78 Å². The lowest BCUT2D eigenvalue weighted by Crippen LogP contribution is -2.57. The van der Waals surface area contributed by atoms with Crippen molar-refractivity contribution in [2.24, 2.45) is 23.3 Å². The maximum atomic E-state index is 14.5. The molecule has 0 unspecified atom stereocenters. The molecule has 3 aromatic carbocycles. The third-order valence-corrected chi connectivity index (χ3v) is 12.3. The number of aromatic hydroxyl groups is 2. The summed E-state index contributed by atoms with van der Waals surface area (Å²) in [6.07, 6.45) is 3.93. The van der Waals surface area contributed by atoms with Crippen molar-refractivity contribution in [2.45, 2.75) is 115 Å². The molecule has 6 amide bonds. The number of rotatable bonds is 8. The third-order valence-electron chi connectivity index (χ3n) is 12.3. The van der Waals surface area contributed by atoms with Gasteiger partial charge in [0.1, 0.15) is 35.7 Å². The zero-order valence-corrected chi connectivity index (χ0v) is 38.8. The number of ketones is 1. The lowest BCUT2D eigenvalue weighted by molar-refractivity contribution is -0.136. The minimum Gasteiger partial charge on any atom is -0.508 e. The van der Waals surface area contributed by atoms with Crippen LogP contribution in [0.1, 0.15) is 68.8 Å². The molecule has 1 aliphatic heterocycles. The number of hydrogen-bond acceptors (Lipinski definition) is 12. The Morgan fingerprint density at radius 2 is 1.32 bits per heavy atom. The molecule has 0 saturated carbocycles. The van der Waals surface area contributed by atoms with Crippen LogP contribution in [-0.4, -0.2) is 108 Å². The number of para-hydroxylation sites is 1. The Morgan fingerprint density at radius 1 is 0.725 bits per heavy atom. The number of aryl methyl sites for hydroxylation is 1. The first-order valence-electron chi connectivity index (χ1n) is 23.0. The van der Waals surface area contributed by atoms with Crippen LogP contribution in [0.3, 0.4) is 0 Å². The van der Waals surface area contributed by atoms with E-state index < -0.39 is 89.3 Å². The van der Waals surface area contributed by atoms with Crippen molar-refractivity contribution >= 4 is 52.1 Å². The number of nitrogens with one attached hydrogen (secondary N) is 6. The zero-order valence-electron chi connectivity index (χ0n) is 38.8. The summed E-state index contributed by atoms with van der Waals surface area (Å²) in [6, 6.07) is 12.3. The molecule has 0 aliphatic carbocycles. The molecule has 7 atom stereocenters. The number of carbonyl (C=O) groups is 7. The highest BCUT2D eigenvalue weighted by molar-refractivity contribution is 5.97. The maximum absolute atomic E-state index is 14.5. The van der Waals surface area contributed by atoms with Crippen LogP contribution in [0.5, 0.6) is 11.5 Å². The minimum absolute atomic E-state index is 0.00904. The molecule has 1 aliphatic rings. The summed E-state index contributed by atoms with van der Waals surface area (Å²) in [7, 11) is 0. The number of phenolic OH excluding ortho intramolecular Hbond substituents is 2. The number of Topliss-reactive ketones (excluding diaryl/α,β-unsaturated/α-hetero) is 1. The van der Waals surface area contributed by atoms with E-state index in [2.05, 4.69) is 41.9 Å². The van der Waals surface area contributed by atoms with Crippen molar-refractivity contribution in [1.29, 1.82) is 0 Å². The molecule has 20 nitrogen and oxygen atoms in total. The van der Waals surface area contributed by atoms with Crippen molar-refractivity contribution in [3.05, 3.63) is 108 Å². The standard InChI is InChI=1S/C49H61N11O9/c1-27(2)36-24-43(63)40(20-29-11-15-33(61)16-12-29)55-49(69)42(22-31-25-52-38-9-5-4-8-35(31)38)57-47(67)37(50)23-32-26-60(59-58-32)19-7-6-10-39(44(51)64)54-48(68)41(21-30-13-17-34(62)18-14-30)56-45(65)28(3)53-46(36)66/h4-5,8-9,11-18,25-28,36-37,39-42,52,61-62H,6-7,10,19-24,50H2,1-3H3,(H2,51,64)(H,53,66)(H,54,68)(H,55,69)(H,56,65)(H,57,67)/t28-,36-,37+,39+,40-,41-,42-/m1/s1. The maximum Gasteiger partial charge on any atom is 0.243 e. The predicted octanol–water partition coefficient (Wildman–Crippen LogP) is 1.11. The Bertz CT molecular complexity index is 2610. The Labute approximate surface area is 398 Å². The molecule has 20 heteroatoms. The summed E-state index contributed by atoms with van der Waals surface area (Å²) in [5, 5.41) is 42.7. The fourth-order valence-corrected chi connectivity index (χ4v) is 8.18. The minimum atomic E-state index is -1.25. The van der Waals surface area contributed by atoms with E-state index in [4.69, 9.17) is 11.5 Å². The number of aromatic amines is 1. The number of H-pyrrole nitrogens is 1. The number of amides is 6. The molecule has 2 aromatic heterocycles. The number of nitrogens with zero attached hydrogens (tertiary/aromatic N) is 3. The molecule has 5 aromatic rings. The summed E-state index contributed by atoms with van der Waals surface area (Å²) in [5.41, 5.74) is 15.2. The molecule has 0 fully saturated rings. The van der Waals surface area contributed by atoms with Crippen LogP contribution >= 0.6 is 0 Å². The van der Waals surface area contributed by atoms with E-state index in [-0.39, 0.29) is 50.0 Å². The predicted molar refractivity (Wildman–Crippen MR) is 254 cm³/mol. The Balaban J connectivity index is 1.31. The van der Waals surface area contributed by atoms with Crippen molar-refractivity contribution in [1.82, 2.24) is 46.6 Å². The molecule has 0 spiro atoms. The van der Waals surface area contributed by atoms with Gasteiger partial charge in [0.05, 0.1) is 17.8 Å². The van der Waals surface area contributed by atoms with Gasteiger partial charge in [-0.1, -0.05) is 61.5 Å². The Hall–Kier alpha value is -7.61. The molecule has 0 radical (unpaired) electrons. The Kier molecular flexibility index (Phi) is 17.2. The highest BCUT2D eigenvalue weighted by Gasteiger charge is 2.35. The number of aromatic nitrogens is 4. The summed E-state index contributed by atoms with van der Waals surface area (Å²) in [5.74, 6) is -6.23. The van der Waals surface area contributed by atoms with Crippen LogP contribution in [0.25, 0.3) is 10.9 Å². The number of fused-ring (bicyclic) bond motifs is 3. The second kappa shape index (κ2) is 23.4. The molecule has 366 valence electrons. The van der Waals surface area contributed by atoms with Crippen LogP contribution in [0, 0.1) is 11.8 Å². The molecule has 69 heavy (non-hydrogen) atoms. The second-order valence-corrected chi connectivity index (χ2v) is 18.0. The molecule has 3 heterocycles. The van der Waals surface area contributed by atoms with Gasteiger partial charge in [-0.05, 0) is 85.5 Å².